The molecule has 1 aliphatic rings. The molecule has 3 rings (SSSR count). The third-order valence-electron chi connectivity index (χ3n) is 5.49. The molecule has 1 saturated carbocycles. The van der Waals surface area contributed by atoms with Crippen LogP contribution < -0.4 is 10.6 Å². The van der Waals surface area contributed by atoms with Gasteiger partial charge in [-0.05, 0) is 75.0 Å². The van der Waals surface area contributed by atoms with Crippen molar-refractivity contribution in [2.24, 2.45) is 5.92 Å². The summed E-state index contributed by atoms with van der Waals surface area (Å²) in [6, 6.07) is 17.1. The summed E-state index contributed by atoms with van der Waals surface area (Å²) in [6.07, 6.45) is 3.71. The number of nitrogens with zero attached hydrogens (tertiary/aromatic N) is 1. The maximum Gasteiger partial charge on any atom is 0.251 e. The Labute approximate surface area is 169 Å². The third-order valence-corrected chi connectivity index (χ3v) is 5.49. The van der Waals surface area contributed by atoms with Gasteiger partial charge in [-0.25, -0.2) is 0 Å². The molecule has 150 valence electrons. The number of carbonyl (C=O) groups excluding carboxylic acids is 1. The molecule has 1 aliphatic carbocycles. The maximum absolute atomic E-state index is 12.4. The van der Waals surface area contributed by atoms with Gasteiger partial charge in [0.1, 0.15) is 0 Å². The van der Waals surface area contributed by atoms with Crippen LogP contribution in [0.3, 0.4) is 0 Å². The van der Waals surface area contributed by atoms with Gasteiger partial charge < -0.3 is 15.5 Å². The normalized spacial score (nSPS) is 14.9. The Morgan fingerprint density at radius 1 is 1.14 bits per heavy atom. The minimum absolute atomic E-state index is 0.00218. The predicted octanol–water partition coefficient (Wildman–Crippen LogP) is 3.40. The number of nitrogens with one attached hydrogen (secondary N) is 2. The van der Waals surface area contributed by atoms with Gasteiger partial charge in [0, 0.05) is 31.2 Å². The van der Waals surface area contributed by atoms with Crippen LogP contribution in [0.15, 0.2) is 48.5 Å². The van der Waals surface area contributed by atoms with Crippen molar-refractivity contribution in [3.05, 3.63) is 70.8 Å². The monoisotopic (exact) mass is 379 g/mol. The number of carbonyl (C=O) groups is 1. The van der Waals surface area contributed by atoms with E-state index >= 15 is 0 Å². The molecule has 1 unspecified atom stereocenters. The predicted molar refractivity (Wildman–Crippen MR) is 116 cm³/mol. The fourth-order valence-electron chi connectivity index (χ4n) is 3.55. The van der Waals surface area contributed by atoms with E-state index in [0.717, 1.165) is 36.6 Å². The smallest absolute Gasteiger partial charge is 0.251 e. The zero-order chi connectivity index (χ0) is 19.9. The summed E-state index contributed by atoms with van der Waals surface area (Å²) in [4.78, 5) is 14.4. The van der Waals surface area contributed by atoms with E-state index in [1.165, 1.54) is 24.0 Å². The van der Waals surface area contributed by atoms with Crippen LogP contribution in [0.4, 0.5) is 0 Å². The third kappa shape index (κ3) is 6.18. The van der Waals surface area contributed by atoms with Crippen LogP contribution in [0.5, 0.6) is 0 Å². The van der Waals surface area contributed by atoms with E-state index in [1.54, 1.807) is 0 Å². The molecular weight excluding hydrogens is 346 g/mol. The lowest BCUT2D eigenvalue weighted by molar-refractivity contribution is 0.0951. The molecule has 0 aromatic heterocycles. The molecule has 0 spiro atoms. The van der Waals surface area contributed by atoms with Crippen LogP contribution in [0.2, 0.25) is 0 Å². The second-order valence-electron chi connectivity index (χ2n) is 8.21. The van der Waals surface area contributed by atoms with E-state index in [2.05, 4.69) is 52.8 Å². The number of hydrogen-bond acceptors (Lipinski definition) is 3. The number of aryl methyl sites for hydroxylation is 1. The van der Waals surface area contributed by atoms with Gasteiger partial charge in [-0.3, -0.25) is 4.79 Å². The second kappa shape index (κ2) is 9.85. The highest BCUT2D eigenvalue weighted by molar-refractivity contribution is 5.94. The van der Waals surface area contributed by atoms with Gasteiger partial charge in [0.15, 0.2) is 0 Å². The summed E-state index contributed by atoms with van der Waals surface area (Å²) in [7, 11) is 4.01. The second-order valence-corrected chi connectivity index (χ2v) is 8.21. The Morgan fingerprint density at radius 3 is 2.64 bits per heavy atom. The van der Waals surface area contributed by atoms with E-state index in [9.17, 15) is 4.79 Å². The molecule has 0 radical (unpaired) electrons. The molecule has 0 saturated heterocycles. The number of benzene rings is 2. The Morgan fingerprint density at radius 2 is 1.93 bits per heavy atom. The molecule has 2 aromatic carbocycles. The SMILES string of the molecule is Cc1ccccc1CC(NCc1cccc(C(=O)NCCN(C)C)c1)C1CC1. The highest BCUT2D eigenvalue weighted by Gasteiger charge is 2.31. The summed E-state index contributed by atoms with van der Waals surface area (Å²) >= 11 is 0. The van der Waals surface area contributed by atoms with Crippen molar-refractivity contribution < 1.29 is 4.79 Å². The molecule has 0 heterocycles. The summed E-state index contributed by atoms with van der Waals surface area (Å²) in [6.45, 7) is 4.49. The lowest BCUT2D eigenvalue weighted by Gasteiger charge is -2.20. The number of rotatable bonds is 10. The van der Waals surface area contributed by atoms with Crippen molar-refractivity contribution in [1.82, 2.24) is 15.5 Å². The first-order chi connectivity index (χ1) is 13.5. The van der Waals surface area contributed by atoms with Crippen molar-refractivity contribution >= 4 is 5.91 Å². The summed E-state index contributed by atoms with van der Waals surface area (Å²) in [5.41, 5.74) is 4.70. The van der Waals surface area contributed by atoms with Gasteiger partial charge in [0.2, 0.25) is 0 Å². The van der Waals surface area contributed by atoms with Crippen LogP contribution >= 0.6 is 0 Å². The van der Waals surface area contributed by atoms with Gasteiger partial charge in [0.25, 0.3) is 5.91 Å². The molecule has 0 aliphatic heterocycles. The molecule has 1 amide bonds. The molecule has 4 nitrogen and oxygen atoms in total. The summed E-state index contributed by atoms with van der Waals surface area (Å²) in [5, 5.41) is 6.75. The Hall–Kier alpha value is -2.17. The van der Waals surface area contributed by atoms with Crippen LogP contribution in [0.1, 0.15) is 39.9 Å². The van der Waals surface area contributed by atoms with E-state index < -0.39 is 0 Å². The lowest BCUT2D eigenvalue weighted by Crippen LogP contribution is -2.33. The zero-order valence-electron chi connectivity index (χ0n) is 17.4. The molecular formula is C24H33N3O. The highest BCUT2D eigenvalue weighted by Crippen LogP contribution is 2.34. The Kier molecular flexibility index (Phi) is 7.24. The van der Waals surface area contributed by atoms with Crippen LogP contribution in [0, 0.1) is 12.8 Å². The first-order valence-corrected chi connectivity index (χ1v) is 10.3. The molecule has 4 heteroatoms. The first-order valence-electron chi connectivity index (χ1n) is 10.3. The van der Waals surface area contributed by atoms with Gasteiger partial charge in [-0.2, -0.15) is 0 Å². The van der Waals surface area contributed by atoms with Gasteiger partial charge in [-0.1, -0.05) is 36.4 Å². The largest absolute Gasteiger partial charge is 0.351 e. The number of amides is 1. The summed E-state index contributed by atoms with van der Waals surface area (Å²) in [5.74, 6) is 0.777. The minimum Gasteiger partial charge on any atom is -0.351 e. The zero-order valence-corrected chi connectivity index (χ0v) is 17.4. The topological polar surface area (TPSA) is 44.4 Å². The van der Waals surface area contributed by atoms with Crippen molar-refractivity contribution in [3.63, 3.8) is 0 Å². The fraction of sp³-hybridized carbons (Fsp3) is 0.458. The van der Waals surface area contributed by atoms with Gasteiger partial charge in [0.05, 0.1) is 0 Å². The van der Waals surface area contributed by atoms with Crippen LogP contribution in [-0.2, 0) is 13.0 Å². The Balaban J connectivity index is 1.57. The van der Waals surface area contributed by atoms with Gasteiger partial charge in [-0.15, -0.1) is 0 Å². The van der Waals surface area contributed by atoms with E-state index in [-0.39, 0.29) is 5.91 Å². The van der Waals surface area contributed by atoms with Crippen molar-refractivity contribution in [3.8, 4) is 0 Å². The molecule has 0 bridgehead atoms. The van der Waals surface area contributed by atoms with Crippen molar-refractivity contribution in [1.29, 1.82) is 0 Å². The lowest BCUT2D eigenvalue weighted by atomic mass is 9.98. The fourth-order valence-corrected chi connectivity index (χ4v) is 3.55. The quantitative estimate of drug-likeness (QED) is 0.665. The standard InChI is InChI=1S/C24H33N3O/c1-18-7-4-5-9-21(18)16-23(20-11-12-20)26-17-19-8-6-10-22(15-19)24(28)25-13-14-27(2)3/h4-10,15,20,23,26H,11-14,16-17H2,1-3H3,(H,25,28). The summed E-state index contributed by atoms with van der Waals surface area (Å²) < 4.78 is 0. The maximum atomic E-state index is 12.4. The molecule has 1 fully saturated rings. The molecule has 2 aromatic rings. The van der Waals surface area contributed by atoms with E-state index in [1.807, 2.05) is 32.3 Å². The number of likely N-dealkylation sites (N-methyl/N-ethyl adjacent to an activating group) is 1. The average molecular weight is 380 g/mol. The minimum atomic E-state index is 0.00218. The highest BCUT2D eigenvalue weighted by atomic mass is 16.1. The Bertz CT molecular complexity index is 783. The average Bonchev–Trinajstić information content (AvgIpc) is 3.51. The van der Waals surface area contributed by atoms with E-state index in [0.29, 0.717) is 12.6 Å². The van der Waals surface area contributed by atoms with Crippen LogP contribution in [0.25, 0.3) is 0 Å². The first kappa shape index (κ1) is 20.6. The molecule has 2 N–H and O–H groups in total. The number of hydrogen-bond donors (Lipinski definition) is 2. The van der Waals surface area contributed by atoms with E-state index in [4.69, 9.17) is 0 Å². The molecule has 28 heavy (non-hydrogen) atoms. The van der Waals surface area contributed by atoms with Gasteiger partial charge >= 0.3 is 0 Å². The van der Waals surface area contributed by atoms with Crippen molar-refractivity contribution in [2.75, 3.05) is 27.2 Å². The molecule has 1 atom stereocenters. The van der Waals surface area contributed by atoms with Crippen LogP contribution in [-0.4, -0.2) is 44.0 Å². The van der Waals surface area contributed by atoms with Crippen molar-refractivity contribution in [2.45, 2.75) is 38.8 Å².